The molecule has 0 bridgehead atoms. The third kappa shape index (κ3) is 4.72. The van der Waals surface area contributed by atoms with Crippen molar-refractivity contribution < 1.29 is 31.5 Å². The van der Waals surface area contributed by atoms with E-state index in [0.717, 1.165) is 24.3 Å². The van der Waals surface area contributed by atoms with Gasteiger partial charge in [-0.3, -0.25) is 0 Å². The van der Waals surface area contributed by atoms with E-state index in [2.05, 4.69) is 10.5 Å². The summed E-state index contributed by atoms with van der Waals surface area (Å²) in [6.45, 7) is -0.773. The molecule has 4 nitrogen and oxygen atoms in total. The molecule has 0 aliphatic heterocycles. The third-order valence-corrected chi connectivity index (χ3v) is 2.59. The molecule has 0 saturated carbocycles. The van der Waals surface area contributed by atoms with Crippen molar-refractivity contribution in [3.8, 4) is 0 Å². The minimum atomic E-state index is -4.75. The fourth-order valence-corrected chi connectivity index (χ4v) is 1.45. The van der Waals surface area contributed by atoms with Crippen molar-refractivity contribution in [1.29, 1.82) is 0 Å². The van der Waals surface area contributed by atoms with Gasteiger partial charge in [0, 0.05) is 12.2 Å². The van der Waals surface area contributed by atoms with Gasteiger partial charge in [0.05, 0.1) is 5.56 Å². The molecule has 1 aromatic rings. The first-order valence-electron chi connectivity index (χ1n) is 5.51. The Bertz CT molecular complexity index is 494. The summed E-state index contributed by atoms with van der Waals surface area (Å²) in [4.78, 5) is 0. The molecule has 0 saturated heterocycles. The Balaban J connectivity index is 2.78. The van der Waals surface area contributed by atoms with E-state index in [1.54, 1.807) is 0 Å². The van der Waals surface area contributed by atoms with Crippen molar-refractivity contribution in [2.24, 2.45) is 16.8 Å². The maximum absolute atomic E-state index is 12.6. The smallest absolute Gasteiger partial charge is 0.409 e. The average molecular weight is 315 g/mol. The molecule has 118 valence electrons. The number of halogens is 6. The number of amidine groups is 1. The summed E-state index contributed by atoms with van der Waals surface area (Å²) < 4.78 is 74.8. The summed E-state index contributed by atoms with van der Waals surface area (Å²) in [7, 11) is 0. The van der Waals surface area contributed by atoms with Gasteiger partial charge in [-0.2, -0.15) is 26.3 Å². The van der Waals surface area contributed by atoms with Gasteiger partial charge in [0.1, 0.15) is 5.92 Å². The van der Waals surface area contributed by atoms with Crippen molar-refractivity contribution in [1.82, 2.24) is 0 Å². The molecule has 0 radical (unpaired) electrons. The van der Waals surface area contributed by atoms with Crippen LogP contribution in [0.1, 0.15) is 5.56 Å². The Morgan fingerprint density at radius 1 is 1.14 bits per heavy atom. The summed E-state index contributed by atoms with van der Waals surface area (Å²) in [5.41, 5.74) is 4.06. The van der Waals surface area contributed by atoms with Gasteiger partial charge in [-0.05, 0) is 24.3 Å². The fraction of sp³-hybridized carbons (Fsp3) is 0.364. The molecule has 0 aromatic heterocycles. The number of nitrogens with zero attached hydrogens (tertiary/aromatic N) is 1. The lowest BCUT2D eigenvalue weighted by molar-refractivity contribution is -0.152. The molecule has 0 aliphatic rings. The van der Waals surface area contributed by atoms with Crippen LogP contribution < -0.4 is 11.1 Å². The highest BCUT2D eigenvalue weighted by atomic mass is 19.4. The molecule has 0 amide bonds. The third-order valence-electron chi connectivity index (χ3n) is 2.59. The van der Waals surface area contributed by atoms with Crippen molar-refractivity contribution >= 4 is 11.5 Å². The van der Waals surface area contributed by atoms with E-state index in [1.807, 2.05) is 0 Å². The Labute approximate surface area is 115 Å². The first kappa shape index (κ1) is 16.9. The molecule has 0 fully saturated rings. The highest BCUT2D eigenvalue weighted by Gasteiger charge is 2.42. The molecule has 0 spiro atoms. The standard InChI is InChI=1S/C11H11F6N3O/c12-10(13,14)6-1-3-7(4-2-6)19-5-8(9(18)20-21)11(15,16)17/h1-4,8,19,21H,5H2,(H2,18,20). The number of nitrogens with one attached hydrogen (secondary N) is 1. The SMILES string of the molecule is N/C(=N/O)C(CNc1ccc(C(F)(F)F)cc1)C(F)(F)F. The second kappa shape index (κ2) is 6.10. The molecule has 10 heteroatoms. The number of anilines is 1. The van der Waals surface area contributed by atoms with Gasteiger partial charge in [0.2, 0.25) is 0 Å². The highest BCUT2D eigenvalue weighted by Crippen LogP contribution is 2.30. The van der Waals surface area contributed by atoms with E-state index in [9.17, 15) is 26.3 Å². The number of hydrogen-bond acceptors (Lipinski definition) is 3. The van der Waals surface area contributed by atoms with E-state index in [-0.39, 0.29) is 5.69 Å². The second-order valence-corrected chi connectivity index (χ2v) is 4.08. The van der Waals surface area contributed by atoms with Gasteiger partial charge >= 0.3 is 12.4 Å². The molecular formula is C11H11F6N3O. The zero-order chi connectivity index (χ0) is 16.3. The maximum atomic E-state index is 12.6. The van der Waals surface area contributed by atoms with E-state index >= 15 is 0 Å². The van der Waals surface area contributed by atoms with Crippen LogP contribution in [0.2, 0.25) is 0 Å². The lowest BCUT2D eigenvalue weighted by Gasteiger charge is -2.20. The lowest BCUT2D eigenvalue weighted by Crippen LogP contribution is -2.40. The molecule has 0 heterocycles. The van der Waals surface area contributed by atoms with Gasteiger partial charge in [0.25, 0.3) is 0 Å². The first-order valence-corrected chi connectivity index (χ1v) is 5.51. The number of hydrogen-bond donors (Lipinski definition) is 3. The van der Waals surface area contributed by atoms with Crippen molar-refractivity contribution in [2.45, 2.75) is 12.4 Å². The quantitative estimate of drug-likeness (QED) is 0.263. The predicted molar refractivity (Wildman–Crippen MR) is 62.9 cm³/mol. The van der Waals surface area contributed by atoms with Crippen LogP contribution in [0.15, 0.2) is 29.4 Å². The Morgan fingerprint density at radius 2 is 1.67 bits per heavy atom. The minimum absolute atomic E-state index is 0.0444. The summed E-state index contributed by atoms with van der Waals surface area (Å²) in [6, 6.07) is 3.44. The predicted octanol–water partition coefficient (Wildman–Crippen LogP) is 3.04. The molecule has 21 heavy (non-hydrogen) atoms. The molecule has 1 atom stereocenters. The summed E-state index contributed by atoms with van der Waals surface area (Å²) >= 11 is 0. The number of oxime groups is 1. The van der Waals surface area contributed by atoms with Crippen LogP contribution in [0.5, 0.6) is 0 Å². The van der Waals surface area contributed by atoms with Gasteiger partial charge < -0.3 is 16.3 Å². The summed E-state index contributed by atoms with van der Waals surface area (Å²) in [6.07, 6.45) is -9.28. The second-order valence-electron chi connectivity index (χ2n) is 4.08. The number of nitrogens with two attached hydrogens (primary N) is 1. The average Bonchev–Trinajstić information content (AvgIpc) is 2.36. The molecule has 4 N–H and O–H groups in total. The van der Waals surface area contributed by atoms with E-state index < -0.39 is 36.2 Å². The highest BCUT2D eigenvalue weighted by molar-refractivity contribution is 5.83. The van der Waals surface area contributed by atoms with Crippen molar-refractivity contribution in [2.75, 3.05) is 11.9 Å². The van der Waals surface area contributed by atoms with Crippen LogP contribution in [0.4, 0.5) is 32.0 Å². The molecule has 1 aromatic carbocycles. The molecule has 1 rings (SSSR count). The van der Waals surface area contributed by atoms with Crippen LogP contribution in [-0.4, -0.2) is 23.8 Å². The summed E-state index contributed by atoms with van der Waals surface area (Å²) in [5.74, 6) is -3.30. The van der Waals surface area contributed by atoms with Crippen molar-refractivity contribution in [3.05, 3.63) is 29.8 Å². The monoisotopic (exact) mass is 315 g/mol. The normalized spacial score (nSPS) is 14.9. The number of benzene rings is 1. The number of alkyl halides is 6. The first-order chi connectivity index (χ1) is 9.55. The zero-order valence-electron chi connectivity index (χ0n) is 10.3. The van der Waals surface area contributed by atoms with Gasteiger partial charge in [0.15, 0.2) is 5.84 Å². The van der Waals surface area contributed by atoms with E-state index in [4.69, 9.17) is 10.9 Å². The van der Waals surface area contributed by atoms with Crippen molar-refractivity contribution in [3.63, 3.8) is 0 Å². The van der Waals surface area contributed by atoms with Crippen LogP contribution in [0.25, 0.3) is 0 Å². The topological polar surface area (TPSA) is 70.6 Å². The van der Waals surface area contributed by atoms with Gasteiger partial charge in [-0.15, -0.1) is 0 Å². The van der Waals surface area contributed by atoms with Gasteiger partial charge in [-0.1, -0.05) is 5.16 Å². The van der Waals surface area contributed by atoms with Crippen LogP contribution in [0.3, 0.4) is 0 Å². The summed E-state index contributed by atoms with van der Waals surface area (Å²) in [5, 5.41) is 12.9. The van der Waals surface area contributed by atoms with Crippen LogP contribution >= 0.6 is 0 Å². The van der Waals surface area contributed by atoms with Crippen LogP contribution in [0, 0.1) is 5.92 Å². The maximum Gasteiger partial charge on any atom is 0.416 e. The largest absolute Gasteiger partial charge is 0.416 e. The molecular weight excluding hydrogens is 304 g/mol. The fourth-order valence-electron chi connectivity index (χ4n) is 1.45. The Hall–Kier alpha value is -2.13. The number of rotatable bonds is 4. The Morgan fingerprint density at radius 3 is 2.05 bits per heavy atom. The molecule has 1 unspecified atom stereocenters. The van der Waals surface area contributed by atoms with Gasteiger partial charge in [-0.25, -0.2) is 0 Å². The minimum Gasteiger partial charge on any atom is -0.409 e. The zero-order valence-corrected chi connectivity index (χ0v) is 10.3. The Kier molecular flexibility index (Phi) is 4.92. The molecule has 0 aliphatic carbocycles. The van der Waals surface area contributed by atoms with E-state index in [0.29, 0.717) is 0 Å². The van der Waals surface area contributed by atoms with Crippen LogP contribution in [-0.2, 0) is 6.18 Å². The lowest BCUT2D eigenvalue weighted by atomic mass is 10.1. The van der Waals surface area contributed by atoms with E-state index in [1.165, 1.54) is 0 Å².